The third-order valence-electron chi connectivity index (χ3n) is 9.68. The summed E-state index contributed by atoms with van der Waals surface area (Å²) in [7, 11) is 0. The Balaban J connectivity index is 1.16. The molecule has 0 saturated heterocycles. The minimum absolute atomic E-state index is 0.390. The summed E-state index contributed by atoms with van der Waals surface area (Å²) in [6.45, 7) is 2.30. The summed E-state index contributed by atoms with van der Waals surface area (Å²) in [6.07, 6.45) is 3.79. The SMILES string of the molecule is CC(c1ccccc1)(c1ccccc1)c1ccnc(-n2c3ccccc3c3ccc(Oc4cccc(-n5cnc6ccccc65)c4)cc32)c1. The summed E-state index contributed by atoms with van der Waals surface area (Å²) in [5.41, 5.74) is 8.34. The van der Waals surface area contributed by atoms with Gasteiger partial charge in [0, 0.05) is 34.5 Å². The minimum Gasteiger partial charge on any atom is -0.457 e. The van der Waals surface area contributed by atoms with Gasteiger partial charge in [0.05, 0.1) is 27.8 Å². The van der Waals surface area contributed by atoms with E-state index in [0.717, 1.165) is 56.0 Å². The van der Waals surface area contributed by atoms with Crippen LogP contribution in [0.1, 0.15) is 23.6 Å². The van der Waals surface area contributed by atoms with E-state index in [-0.39, 0.29) is 0 Å². The maximum Gasteiger partial charge on any atom is 0.137 e. The summed E-state index contributed by atoms with van der Waals surface area (Å²) in [5, 5.41) is 2.31. The molecule has 234 valence electrons. The highest BCUT2D eigenvalue weighted by molar-refractivity contribution is 6.09. The first-order valence-corrected chi connectivity index (χ1v) is 16.5. The lowest BCUT2D eigenvalue weighted by molar-refractivity contribution is 0.483. The molecular weight excluding hydrogens is 601 g/mol. The maximum atomic E-state index is 6.55. The molecule has 0 saturated carbocycles. The summed E-state index contributed by atoms with van der Waals surface area (Å²) < 4.78 is 10.9. The van der Waals surface area contributed by atoms with Crippen LogP contribution in [-0.2, 0) is 5.41 Å². The van der Waals surface area contributed by atoms with E-state index < -0.39 is 5.41 Å². The van der Waals surface area contributed by atoms with Gasteiger partial charge in [-0.3, -0.25) is 9.13 Å². The Morgan fingerprint density at radius 3 is 1.98 bits per heavy atom. The van der Waals surface area contributed by atoms with Crippen molar-refractivity contribution in [3.8, 4) is 23.0 Å². The first-order valence-electron chi connectivity index (χ1n) is 16.5. The van der Waals surface area contributed by atoms with Gasteiger partial charge in [-0.15, -0.1) is 0 Å². The van der Waals surface area contributed by atoms with E-state index in [1.54, 1.807) is 0 Å². The smallest absolute Gasteiger partial charge is 0.137 e. The largest absolute Gasteiger partial charge is 0.457 e. The van der Waals surface area contributed by atoms with Crippen LogP contribution in [0.4, 0.5) is 0 Å². The van der Waals surface area contributed by atoms with Crippen LogP contribution < -0.4 is 4.74 Å². The zero-order valence-corrected chi connectivity index (χ0v) is 26.9. The number of imidazole rings is 1. The van der Waals surface area contributed by atoms with Gasteiger partial charge in [-0.05, 0) is 78.2 Å². The normalized spacial score (nSPS) is 11.8. The number of rotatable bonds is 7. The quantitative estimate of drug-likeness (QED) is 0.176. The van der Waals surface area contributed by atoms with Gasteiger partial charge in [0.25, 0.3) is 0 Å². The molecule has 5 nitrogen and oxygen atoms in total. The van der Waals surface area contributed by atoms with Crippen LogP contribution >= 0.6 is 0 Å². The van der Waals surface area contributed by atoms with Gasteiger partial charge < -0.3 is 4.74 Å². The molecule has 0 fully saturated rings. The van der Waals surface area contributed by atoms with E-state index in [2.05, 4.69) is 142 Å². The van der Waals surface area contributed by atoms with Crippen LogP contribution in [0.2, 0.25) is 0 Å². The van der Waals surface area contributed by atoms with Crippen molar-refractivity contribution in [3.63, 3.8) is 0 Å². The predicted octanol–water partition coefficient (Wildman–Crippen LogP) is 10.7. The first kappa shape index (κ1) is 28.7. The zero-order chi connectivity index (χ0) is 32.8. The van der Waals surface area contributed by atoms with Crippen molar-refractivity contribution in [2.45, 2.75) is 12.3 Å². The van der Waals surface area contributed by atoms with Crippen molar-refractivity contribution in [1.82, 2.24) is 19.1 Å². The van der Waals surface area contributed by atoms with Crippen LogP contribution in [0, 0.1) is 0 Å². The Hall–Kier alpha value is -6.46. The molecule has 0 amide bonds. The van der Waals surface area contributed by atoms with Crippen molar-refractivity contribution in [2.24, 2.45) is 0 Å². The minimum atomic E-state index is -0.390. The third-order valence-corrected chi connectivity index (χ3v) is 9.68. The maximum absolute atomic E-state index is 6.55. The van der Waals surface area contributed by atoms with Crippen molar-refractivity contribution in [3.05, 3.63) is 193 Å². The second-order valence-corrected chi connectivity index (χ2v) is 12.5. The number of ether oxygens (including phenoxy) is 1. The van der Waals surface area contributed by atoms with Gasteiger partial charge >= 0.3 is 0 Å². The number of benzene rings is 6. The lowest BCUT2D eigenvalue weighted by atomic mass is 9.71. The van der Waals surface area contributed by atoms with Crippen LogP contribution in [0.15, 0.2) is 176 Å². The van der Waals surface area contributed by atoms with Crippen molar-refractivity contribution >= 4 is 32.8 Å². The van der Waals surface area contributed by atoms with Gasteiger partial charge in [0.2, 0.25) is 0 Å². The van der Waals surface area contributed by atoms with Crippen LogP contribution in [0.25, 0.3) is 44.3 Å². The molecule has 9 rings (SSSR count). The Morgan fingerprint density at radius 1 is 0.510 bits per heavy atom. The number of fused-ring (bicyclic) bond motifs is 4. The predicted molar refractivity (Wildman–Crippen MR) is 198 cm³/mol. The number of pyridine rings is 1. The average Bonchev–Trinajstić information content (AvgIpc) is 3.75. The van der Waals surface area contributed by atoms with Crippen LogP contribution in [0.3, 0.4) is 0 Å². The zero-order valence-electron chi connectivity index (χ0n) is 26.9. The second kappa shape index (κ2) is 11.7. The molecule has 6 aromatic carbocycles. The molecule has 49 heavy (non-hydrogen) atoms. The topological polar surface area (TPSA) is 44.9 Å². The van der Waals surface area contributed by atoms with Crippen LogP contribution in [-0.4, -0.2) is 19.1 Å². The summed E-state index contributed by atoms with van der Waals surface area (Å²) in [4.78, 5) is 9.55. The Kier molecular flexibility index (Phi) is 6.83. The van der Waals surface area contributed by atoms with E-state index in [1.807, 2.05) is 55.0 Å². The van der Waals surface area contributed by atoms with E-state index in [0.29, 0.717) is 0 Å². The highest BCUT2D eigenvalue weighted by atomic mass is 16.5. The standard InChI is InChI=1S/C44H32N4O/c1-44(31-13-4-2-5-14-31,32-15-6-3-7-16-32)33-25-26-45-43(27-33)48-40-21-10-8-19-37(40)38-24-23-36(29-42(38)48)49-35-18-12-17-34(28-35)47-30-46-39-20-9-11-22-41(39)47/h2-30H,1H3. The molecule has 0 aliphatic rings. The molecule has 0 atom stereocenters. The Labute approximate surface area is 284 Å². The highest BCUT2D eigenvalue weighted by Gasteiger charge is 2.31. The van der Waals surface area contributed by atoms with Gasteiger partial charge in [0.1, 0.15) is 23.6 Å². The van der Waals surface area contributed by atoms with Crippen molar-refractivity contribution < 1.29 is 4.74 Å². The van der Waals surface area contributed by atoms with Crippen LogP contribution in [0.5, 0.6) is 11.5 Å². The third kappa shape index (κ3) is 4.86. The first-order chi connectivity index (χ1) is 24.2. The highest BCUT2D eigenvalue weighted by Crippen LogP contribution is 2.40. The number of hydrogen-bond acceptors (Lipinski definition) is 3. The second-order valence-electron chi connectivity index (χ2n) is 12.5. The van der Waals surface area contributed by atoms with Crippen molar-refractivity contribution in [1.29, 1.82) is 0 Å². The molecule has 0 aliphatic carbocycles. The number of nitrogens with zero attached hydrogens (tertiary/aromatic N) is 4. The van der Waals surface area contributed by atoms with Gasteiger partial charge in [-0.25, -0.2) is 9.97 Å². The molecule has 0 unspecified atom stereocenters. The molecule has 3 aromatic heterocycles. The van der Waals surface area contributed by atoms with Gasteiger partial charge in [0.15, 0.2) is 0 Å². The summed E-state index contributed by atoms with van der Waals surface area (Å²) in [5.74, 6) is 2.35. The molecule has 0 aliphatic heterocycles. The van der Waals surface area contributed by atoms with E-state index >= 15 is 0 Å². The lowest BCUT2D eigenvalue weighted by Gasteiger charge is -2.32. The van der Waals surface area contributed by atoms with Crippen molar-refractivity contribution in [2.75, 3.05) is 0 Å². The molecular formula is C44H32N4O. The number of aromatic nitrogens is 4. The van der Waals surface area contributed by atoms with E-state index in [4.69, 9.17) is 9.72 Å². The molecule has 0 spiro atoms. The molecule has 0 radical (unpaired) electrons. The molecule has 5 heteroatoms. The monoisotopic (exact) mass is 632 g/mol. The lowest BCUT2D eigenvalue weighted by Crippen LogP contribution is -2.25. The van der Waals surface area contributed by atoms with E-state index in [9.17, 15) is 0 Å². The molecule has 3 heterocycles. The van der Waals surface area contributed by atoms with Gasteiger partial charge in [-0.2, -0.15) is 0 Å². The molecule has 9 aromatic rings. The average molecular weight is 633 g/mol. The summed E-state index contributed by atoms with van der Waals surface area (Å²) >= 11 is 0. The fourth-order valence-electron chi connectivity index (χ4n) is 7.15. The van der Waals surface area contributed by atoms with E-state index in [1.165, 1.54) is 16.5 Å². The molecule has 0 bridgehead atoms. The fourth-order valence-corrected chi connectivity index (χ4v) is 7.15. The molecule has 0 N–H and O–H groups in total. The fraction of sp³-hybridized carbons (Fsp3) is 0.0455. The number of hydrogen-bond donors (Lipinski definition) is 0. The Morgan fingerprint density at radius 2 is 1.18 bits per heavy atom. The Bertz CT molecular complexity index is 2560. The summed E-state index contributed by atoms with van der Waals surface area (Å²) in [6, 6.07) is 56.9. The number of para-hydroxylation sites is 3. The van der Waals surface area contributed by atoms with Gasteiger partial charge in [-0.1, -0.05) is 97.1 Å².